The fraction of sp³-hybridized carbons (Fsp3) is 0.769. The van der Waals surface area contributed by atoms with Crippen LogP contribution in [-0.2, 0) is 23.9 Å². The summed E-state index contributed by atoms with van der Waals surface area (Å²) in [7, 11) is -0.739. The normalized spacial score (nSPS) is 14.9. The molecule has 104 valence electrons. The number of hydrogen-bond acceptors (Lipinski definition) is 3. The zero-order valence-electron chi connectivity index (χ0n) is 11.8. The van der Waals surface area contributed by atoms with E-state index in [-0.39, 0.29) is 5.25 Å². The summed E-state index contributed by atoms with van der Waals surface area (Å²) in [5.74, 6) is 0.656. The Labute approximate surface area is 113 Å². The predicted molar refractivity (Wildman–Crippen MR) is 76.9 cm³/mol. The van der Waals surface area contributed by atoms with Crippen molar-refractivity contribution < 1.29 is 4.21 Å². The molecule has 1 aromatic rings. The second kappa shape index (κ2) is 7.69. The van der Waals surface area contributed by atoms with Gasteiger partial charge in [-0.15, -0.1) is 0 Å². The van der Waals surface area contributed by atoms with Crippen molar-refractivity contribution in [1.29, 1.82) is 0 Å². The molecular formula is C13H25N3OS. The number of nitrogens with one attached hydrogen (secondary N) is 1. The van der Waals surface area contributed by atoms with Gasteiger partial charge in [0.1, 0.15) is 0 Å². The highest BCUT2D eigenvalue weighted by Crippen LogP contribution is 2.06. The Bertz CT molecular complexity index is 376. The molecule has 0 aliphatic carbocycles. The number of imidazole rings is 1. The minimum absolute atomic E-state index is 0.240. The van der Waals surface area contributed by atoms with Crippen LogP contribution in [-0.4, -0.2) is 31.8 Å². The maximum absolute atomic E-state index is 11.3. The minimum atomic E-state index is -0.739. The first-order valence-corrected chi connectivity index (χ1v) is 8.14. The Kier molecular flexibility index (Phi) is 6.57. The van der Waals surface area contributed by atoms with Gasteiger partial charge in [0, 0.05) is 41.6 Å². The van der Waals surface area contributed by atoms with E-state index in [0.29, 0.717) is 5.92 Å². The van der Waals surface area contributed by atoms with E-state index >= 15 is 0 Å². The second-order valence-electron chi connectivity index (χ2n) is 5.20. The zero-order chi connectivity index (χ0) is 13.5. The molecule has 0 aromatic carbocycles. The van der Waals surface area contributed by atoms with Gasteiger partial charge in [-0.05, 0) is 18.9 Å². The quantitative estimate of drug-likeness (QED) is 0.784. The summed E-state index contributed by atoms with van der Waals surface area (Å²) in [6.45, 7) is 9.18. The lowest BCUT2D eigenvalue weighted by Crippen LogP contribution is -2.21. The Morgan fingerprint density at radius 3 is 2.78 bits per heavy atom. The number of rotatable bonds is 8. The summed E-state index contributed by atoms with van der Waals surface area (Å²) in [5.41, 5.74) is 1.20. The average molecular weight is 271 g/mol. The van der Waals surface area contributed by atoms with Crippen molar-refractivity contribution in [2.75, 3.05) is 12.8 Å². The summed E-state index contributed by atoms with van der Waals surface area (Å²) in [5, 5.41) is 3.66. The van der Waals surface area contributed by atoms with Crippen LogP contribution in [0.5, 0.6) is 0 Å². The molecule has 18 heavy (non-hydrogen) atoms. The first-order valence-electron chi connectivity index (χ1n) is 6.52. The number of aromatic nitrogens is 2. The van der Waals surface area contributed by atoms with Gasteiger partial charge in [-0.25, -0.2) is 4.98 Å². The first kappa shape index (κ1) is 15.4. The predicted octanol–water partition coefficient (Wildman–Crippen LogP) is 1.79. The molecule has 0 amide bonds. The lowest BCUT2D eigenvalue weighted by atomic mass is 10.2. The summed E-state index contributed by atoms with van der Waals surface area (Å²) in [6, 6.07) is 0. The van der Waals surface area contributed by atoms with E-state index in [2.05, 4.69) is 28.7 Å². The molecule has 2 atom stereocenters. The Morgan fingerprint density at radius 2 is 2.17 bits per heavy atom. The van der Waals surface area contributed by atoms with Gasteiger partial charge in [0.05, 0.1) is 12.0 Å². The SMILES string of the molecule is CC(C)CNCc1cncn1CCC(C)S(C)=O. The van der Waals surface area contributed by atoms with E-state index in [0.717, 1.165) is 26.1 Å². The highest BCUT2D eigenvalue weighted by molar-refractivity contribution is 7.84. The zero-order valence-corrected chi connectivity index (χ0v) is 12.7. The number of hydrogen-bond donors (Lipinski definition) is 1. The Balaban J connectivity index is 2.42. The van der Waals surface area contributed by atoms with Crippen molar-refractivity contribution in [1.82, 2.24) is 14.9 Å². The molecule has 1 N–H and O–H groups in total. The third kappa shape index (κ3) is 5.31. The maximum atomic E-state index is 11.3. The van der Waals surface area contributed by atoms with Crippen molar-refractivity contribution in [2.24, 2.45) is 5.92 Å². The summed E-state index contributed by atoms with van der Waals surface area (Å²) in [6.07, 6.45) is 6.46. The average Bonchev–Trinajstić information content (AvgIpc) is 2.73. The Morgan fingerprint density at radius 1 is 1.44 bits per heavy atom. The summed E-state index contributed by atoms with van der Waals surface area (Å²) in [4.78, 5) is 4.19. The molecule has 0 bridgehead atoms. The third-order valence-corrected chi connectivity index (χ3v) is 4.37. The topological polar surface area (TPSA) is 46.9 Å². The third-order valence-electron chi connectivity index (χ3n) is 3.00. The Hall–Kier alpha value is -0.680. The van der Waals surface area contributed by atoms with Crippen LogP contribution in [0.4, 0.5) is 0 Å². The van der Waals surface area contributed by atoms with Crippen molar-refractivity contribution >= 4 is 10.8 Å². The van der Waals surface area contributed by atoms with Gasteiger partial charge in [-0.3, -0.25) is 4.21 Å². The van der Waals surface area contributed by atoms with Gasteiger partial charge in [0.2, 0.25) is 0 Å². The van der Waals surface area contributed by atoms with Crippen LogP contribution in [0.3, 0.4) is 0 Å². The lowest BCUT2D eigenvalue weighted by molar-refractivity contribution is 0.528. The van der Waals surface area contributed by atoms with E-state index in [1.807, 2.05) is 19.4 Å². The standard InChI is InChI=1S/C13H25N3OS/c1-11(2)7-14-8-13-9-15-10-16(13)6-5-12(3)18(4)17/h9-12,14H,5-8H2,1-4H3. The second-order valence-corrected chi connectivity index (χ2v) is 7.00. The van der Waals surface area contributed by atoms with Gasteiger partial charge in [-0.1, -0.05) is 20.8 Å². The van der Waals surface area contributed by atoms with Gasteiger partial charge < -0.3 is 9.88 Å². The number of aryl methyl sites for hydroxylation is 1. The largest absolute Gasteiger partial charge is 0.333 e. The van der Waals surface area contributed by atoms with Gasteiger partial charge in [0.15, 0.2) is 0 Å². The van der Waals surface area contributed by atoms with Crippen molar-refractivity contribution in [3.63, 3.8) is 0 Å². The van der Waals surface area contributed by atoms with Crippen LogP contribution >= 0.6 is 0 Å². The lowest BCUT2D eigenvalue weighted by Gasteiger charge is -2.12. The molecule has 5 heteroatoms. The minimum Gasteiger partial charge on any atom is -0.333 e. The van der Waals surface area contributed by atoms with E-state index in [4.69, 9.17) is 0 Å². The molecule has 2 unspecified atom stereocenters. The molecule has 1 aromatic heterocycles. The van der Waals surface area contributed by atoms with Crippen LogP contribution in [0, 0.1) is 5.92 Å². The van der Waals surface area contributed by atoms with Gasteiger partial charge in [0.25, 0.3) is 0 Å². The molecular weight excluding hydrogens is 246 g/mol. The molecule has 4 nitrogen and oxygen atoms in total. The van der Waals surface area contributed by atoms with Crippen LogP contribution < -0.4 is 5.32 Å². The van der Waals surface area contributed by atoms with Crippen molar-refractivity contribution in [3.8, 4) is 0 Å². The van der Waals surface area contributed by atoms with Crippen molar-refractivity contribution in [3.05, 3.63) is 18.2 Å². The van der Waals surface area contributed by atoms with Crippen LogP contribution in [0.25, 0.3) is 0 Å². The monoisotopic (exact) mass is 271 g/mol. The van der Waals surface area contributed by atoms with Crippen LogP contribution in [0.15, 0.2) is 12.5 Å². The molecule has 0 radical (unpaired) electrons. The highest BCUT2D eigenvalue weighted by Gasteiger charge is 2.08. The van der Waals surface area contributed by atoms with Crippen LogP contribution in [0.1, 0.15) is 32.9 Å². The van der Waals surface area contributed by atoms with Crippen molar-refractivity contribution in [2.45, 2.75) is 45.5 Å². The highest BCUT2D eigenvalue weighted by atomic mass is 32.2. The summed E-state index contributed by atoms with van der Waals surface area (Å²) >= 11 is 0. The molecule has 0 fully saturated rings. The molecule has 1 heterocycles. The van der Waals surface area contributed by atoms with E-state index in [1.165, 1.54) is 5.69 Å². The first-order chi connectivity index (χ1) is 8.50. The van der Waals surface area contributed by atoms with Gasteiger partial charge in [-0.2, -0.15) is 0 Å². The molecule has 1 rings (SSSR count). The van der Waals surface area contributed by atoms with E-state index in [1.54, 1.807) is 6.26 Å². The molecule has 0 saturated heterocycles. The fourth-order valence-electron chi connectivity index (χ4n) is 1.67. The smallest absolute Gasteiger partial charge is 0.0948 e. The number of nitrogens with zero attached hydrogens (tertiary/aromatic N) is 2. The fourth-order valence-corrected chi connectivity index (χ4v) is 2.11. The molecule has 0 aliphatic rings. The van der Waals surface area contributed by atoms with Gasteiger partial charge >= 0.3 is 0 Å². The summed E-state index contributed by atoms with van der Waals surface area (Å²) < 4.78 is 13.5. The molecule has 0 saturated carbocycles. The maximum Gasteiger partial charge on any atom is 0.0948 e. The molecule has 0 spiro atoms. The molecule has 0 aliphatic heterocycles. The van der Waals surface area contributed by atoms with E-state index in [9.17, 15) is 4.21 Å². The van der Waals surface area contributed by atoms with E-state index < -0.39 is 10.8 Å². The van der Waals surface area contributed by atoms with Crippen LogP contribution in [0.2, 0.25) is 0 Å².